The van der Waals surface area contributed by atoms with Crippen LogP contribution in [0.3, 0.4) is 0 Å². The van der Waals surface area contributed by atoms with Gasteiger partial charge in [-0.25, -0.2) is 4.79 Å². The fraction of sp³-hybridized carbons (Fsp3) is 0.261. The fourth-order valence-corrected chi connectivity index (χ4v) is 3.86. The van der Waals surface area contributed by atoms with E-state index in [1.165, 1.54) is 7.11 Å². The number of carbonyl (C=O) groups is 1. The van der Waals surface area contributed by atoms with Gasteiger partial charge in [0, 0.05) is 11.4 Å². The molecule has 0 spiro atoms. The van der Waals surface area contributed by atoms with E-state index in [1.54, 1.807) is 12.1 Å². The van der Waals surface area contributed by atoms with Crippen molar-refractivity contribution in [2.75, 3.05) is 18.6 Å². The maximum absolute atomic E-state index is 12.8. The van der Waals surface area contributed by atoms with Crippen LogP contribution < -0.4 is 15.0 Å². The van der Waals surface area contributed by atoms with Crippen molar-refractivity contribution in [2.45, 2.75) is 26.3 Å². The largest absolute Gasteiger partial charge is 0.479 e. The topological polar surface area (TPSA) is 74.6 Å². The molecule has 0 saturated heterocycles. The first-order chi connectivity index (χ1) is 14.5. The van der Waals surface area contributed by atoms with Crippen molar-refractivity contribution in [2.24, 2.45) is 0 Å². The van der Waals surface area contributed by atoms with E-state index in [0.717, 1.165) is 22.5 Å². The summed E-state index contributed by atoms with van der Waals surface area (Å²) in [5.41, 5.74) is 4.15. The smallest absolute Gasteiger partial charge is 0.337 e. The summed E-state index contributed by atoms with van der Waals surface area (Å²) in [7, 11) is 1.38. The van der Waals surface area contributed by atoms with Crippen molar-refractivity contribution in [3.8, 4) is 11.8 Å². The SMILES string of the molecule is CCC1=C(C(=O)OC)[C@@H](c2ccc(OCC#N)cc2)NC(=S)N1c1cccc(C)c1. The number of nitrogens with one attached hydrogen (secondary N) is 1. The highest BCUT2D eigenvalue weighted by Crippen LogP contribution is 2.36. The quantitative estimate of drug-likeness (QED) is 0.554. The Labute approximate surface area is 181 Å². The second-order valence-electron chi connectivity index (χ2n) is 6.78. The zero-order valence-electron chi connectivity index (χ0n) is 17.1. The van der Waals surface area contributed by atoms with Crippen LogP contribution in [-0.2, 0) is 9.53 Å². The molecule has 0 fully saturated rings. The third-order valence-corrected chi connectivity index (χ3v) is 5.16. The number of thiocarbonyl (C=S) groups is 1. The van der Waals surface area contributed by atoms with Crippen molar-refractivity contribution >= 4 is 29.0 Å². The second kappa shape index (κ2) is 9.42. The Morgan fingerprint density at radius 3 is 2.60 bits per heavy atom. The maximum Gasteiger partial charge on any atom is 0.337 e. The van der Waals surface area contributed by atoms with Gasteiger partial charge in [0.25, 0.3) is 0 Å². The van der Waals surface area contributed by atoms with Gasteiger partial charge in [0.15, 0.2) is 11.7 Å². The number of aryl methyl sites for hydroxylation is 1. The number of anilines is 1. The molecule has 6 nitrogen and oxygen atoms in total. The Balaban J connectivity index is 2.08. The minimum atomic E-state index is -0.453. The van der Waals surface area contributed by atoms with Gasteiger partial charge in [-0.3, -0.25) is 4.90 Å². The van der Waals surface area contributed by atoms with Gasteiger partial charge in [0.2, 0.25) is 0 Å². The minimum Gasteiger partial charge on any atom is -0.479 e. The van der Waals surface area contributed by atoms with Crippen LogP contribution in [0.2, 0.25) is 0 Å². The van der Waals surface area contributed by atoms with Gasteiger partial charge in [0.1, 0.15) is 11.8 Å². The Morgan fingerprint density at radius 2 is 2.00 bits per heavy atom. The predicted molar refractivity (Wildman–Crippen MR) is 119 cm³/mol. The van der Waals surface area contributed by atoms with E-state index < -0.39 is 12.0 Å². The van der Waals surface area contributed by atoms with Gasteiger partial charge >= 0.3 is 5.97 Å². The summed E-state index contributed by atoms with van der Waals surface area (Å²) < 4.78 is 10.4. The lowest BCUT2D eigenvalue weighted by Crippen LogP contribution is -2.48. The number of rotatable bonds is 6. The number of esters is 1. The summed E-state index contributed by atoms with van der Waals surface area (Å²) >= 11 is 5.70. The van der Waals surface area contributed by atoms with Gasteiger partial charge in [-0.15, -0.1) is 0 Å². The first-order valence-corrected chi connectivity index (χ1v) is 9.99. The highest BCUT2D eigenvalue weighted by Gasteiger charge is 2.36. The van der Waals surface area contributed by atoms with E-state index in [-0.39, 0.29) is 6.61 Å². The zero-order chi connectivity index (χ0) is 21.7. The summed E-state index contributed by atoms with van der Waals surface area (Å²) in [6.45, 7) is 3.98. The number of hydrogen-bond donors (Lipinski definition) is 1. The molecule has 0 radical (unpaired) electrons. The molecule has 7 heteroatoms. The number of carbonyl (C=O) groups excluding carboxylic acids is 1. The highest BCUT2D eigenvalue weighted by atomic mass is 32.1. The van der Waals surface area contributed by atoms with Crippen molar-refractivity contribution in [1.82, 2.24) is 5.32 Å². The van der Waals surface area contributed by atoms with Crippen LogP contribution >= 0.6 is 12.2 Å². The molecule has 1 heterocycles. The number of methoxy groups -OCH3 is 1. The van der Waals surface area contributed by atoms with Gasteiger partial charge in [-0.2, -0.15) is 5.26 Å². The fourth-order valence-electron chi connectivity index (χ4n) is 3.53. The van der Waals surface area contributed by atoms with Crippen molar-refractivity contribution < 1.29 is 14.3 Å². The number of benzene rings is 2. The Hall–Kier alpha value is -3.37. The molecule has 2 aromatic rings. The molecule has 1 atom stereocenters. The number of hydrogen-bond acceptors (Lipinski definition) is 5. The number of ether oxygens (including phenoxy) is 2. The number of nitrogens with zero attached hydrogens (tertiary/aromatic N) is 2. The van der Waals surface area contributed by atoms with Crippen molar-refractivity contribution in [3.05, 3.63) is 70.9 Å². The van der Waals surface area contributed by atoms with E-state index in [9.17, 15) is 4.79 Å². The van der Waals surface area contributed by atoms with E-state index >= 15 is 0 Å². The third kappa shape index (κ3) is 4.29. The molecule has 2 aromatic carbocycles. The molecule has 0 unspecified atom stereocenters. The standard InChI is InChI=1S/C23H23N3O3S/c1-4-19-20(22(27)28-3)21(16-8-10-18(11-9-16)29-13-12-24)25-23(30)26(19)17-7-5-6-15(2)14-17/h5-11,14,21H,4,13H2,1-3H3,(H,25,30)/t21-/m1/s1. The first kappa shape index (κ1) is 21.3. The van der Waals surface area contributed by atoms with Crippen LogP contribution in [0, 0.1) is 18.3 Å². The Morgan fingerprint density at radius 1 is 1.27 bits per heavy atom. The molecule has 0 bridgehead atoms. The molecule has 0 saturated carbocycles. The molecule has 0 aromatic heterocycles. The highest BCUT2D eigenvalue weighted by molar-refractivity contribution is 7.80. The summed E-state index contributed by atoms with van der Waals surface area (Å²) in [6, 6.07) is 16.7. The third-order valence-electron chi connectivity index (χ3n) is 4.86. The molecule has 0 aliphatic carbocycles. The number of allylic oxidation sites excluding steroid dienone is 1. The summed E-state index contributed by atoms with van der Waals surface area (Å²) in [5.74, 6) is 0.175. The van der Waals surface area contributed by atoms with E-state index in [2.05, 4.69) is 5.32 Å². The Kier molecular flexibility index (Phi) is 6.70. The van der Waals surface area contributed by atoms with E-state index in [1.807, 2.05) is 61.2 Å². The van der Waals surface area contributed by atoms with Crippen molar-refractivity contribution in [3.63, 3.8) is 0 Å². The lowest BCUT2D eigenvalue weighted by molar-refractivity contribution is -0.136. The average Bonchev–Trinajstić information content (AvgIpc) is 2.76. The minimum absolute atomic E-state index is 0.0239. The van der Waals surface area contributed by atoms with Crippen LogP contribution in [0.25, 0.3) is 0 Å². The first-order valence-electron chi connectivity index (χ1n) is 9.58. The molecule has 0 amide bonds. The molecule has 30 heavy (non-hydrogen) atoms. The summed E-state index contributed by atoms with van der Waals surface area (Å²) in [5, 5.41) is 12.5. The molecule has 1 aliphatic rings. The zero-order valence-corrected chi connectivity index (χ0v) is 18.0. The average molecular weight is 422 g/mol. The van der Waals surface area contributed by atoms with Crippen LogP contribution in [0.4, 0.5) is 5.69 Å². The van der Waals surface area contributed by atoms with Gasteiger partial charge in [-0.1, -0.05) is 31.2 Å². The van der Waals surface area contributed by atoms with E-state index in [4.69, 9.17) is 27.0 Å². The Bertz CT molecular complexity index is 1020. The predicted octanol–water partition coefficient (Wildman–Crippen LogP) is 4.17. The summed E-state index contributed by atoms with van der Waals surface area (Å²) in [6.07, 6.45) is 0.597. The molecule has 1 aliphatic heterocycles. The lowest BCUT2D eigenvalue weighted by atomic mass is 9.93. The normalized spacial score (nSPS) is 16.0. The van der Waals surface area contributed by atoms with Crippen molar-refractivity contribution in [1.29, 1.82) is 5.26 Å². The molecular weight excluding hydrogens is 398 g/mol. The summed E-state index contributed by atoms with van der Waals surface area (Å²) in [4.78, 5) is 14.7. The van der Waals surface area contributed by atoms with E-state index in [0.29, 0.717) is 22.9 Å². The number of nitriles is 1. The van der Waals surface area contributed by atoms with Crippen LogP contribution in [-0.4, -0.2) is 24.8 Å². The molecular formula is C23H23N3O3S. The molecule has 1 N–H and O–H groups in total. The molecule has 3 rings (SSSR count). The van der Waals surface area contributed by atoms with Crippen LogP contribution in [0.15, 0.2) is 59.8 Å². The van der Waals surface area contributed by atoms with Crippen LogP contribution in [0.1, 0.15) is 30.5 Å². The van der Waals surface area contributed by atoms with Gasteiger partial charge in [-0.05, 0) is 61.0 Å². The van der Waals surface area contributed by atoms with Gasteiger partial charge in [0.05, 0.1) is 18.7 Å². The maximum atomic E-state index is 12.8. The lowest BCUT2D eigenvalue weighted by Gasteiger charge is -2.38. The van der Waals surface area contributed by atoms with Gasteiger partial charge < -0.3 is 14.8 Å². The monoisotopic (exact) mass is 421 g/mol. The molecule has 154 valence electrons. The van der Waals surface area contributed by atoms with Crippen LogP contribution in [0.5, 0.6) is 5.75 Å². The second-order valence-corrected chi connectivity index (χ2v) is 7.16.